The normalized spacial score (nSPS) is 14.3. The minimum atomic E-state index is -0.763. The summed E-state index contributed by atoms with van der Waals surface area (Å²) in [4.78, 5) is 4.72. The van der Waals surface area contributed by atoms with Gasteiger partial charge in [-0.1, -0.05) is 40.2 Å². The lowest BCUT2D eigenvalue weighted by Crippen LogP contribution is -2.47. The average Bonchev–Trinajstić information content (AvgIpc) is 3.04. The van der Waals surface area contributed by atoms with Crippen LogP contribution in [0.2, 0.25) is 0 Å². The number of rotatable bonds is 8. The molecule has 144 valence electrons. The molecule has 0 saturated heterocycles. The van der Waals surface area contributed by atoms with E-state index in [1.54, 1.807) is 18.4 Å². The first-order valence-electron chi connectivity index (χ1n) is 9.26. The van der Waals surface area contributed by atoms with Crippen LogP contribution < -0.4 is 10.1 Å². The van der Waals surface area contributed by atoms with E-state index in [0.717, 1.165) is 41.4 Å². The molecule has 4 nitrogen and oxygen atoms in total. The van der Waals surface area contributed by atoms with Gasteiger partial charge in [-0.2, -0.15) is 0 Å². The number of aliphatic hydroxyl groups is 1. The molecule has 5 heteroatoms. The minimum Gasteiger partial charge on any atom is -0.496 e. The van der Waals surface area contributed by atoms with Crippen molar-refractivity contribution in [1.82, 2.24) is 10.3 Å². The maximum Gasteiger partial charge on any atom is 0.124 e. The number of aliphatic hydroxyl groups excluding tert-OH is 1. The Bertz CT molecular complexity index is 721. The number of hydrogen-bond acceptors (Lipinski definition) is 5. The van der Waals surface area contributed by atoms with Crippen molar-refractivity contribution >= 4 is 11.3 Å². The van der Waals surface area contributed by atoms with Gasteiger partial charge < -0.3 is 9.84 Å². The van der Waals surface area contributed by atoms with Crippen molar-refractivity contribution in [1.29, 1.82) is 0 Å². The molecule has 1 atom stereocenters. The number of nitrogens with zero attached hydrogens (tertiary/aromatic N) is 1. The van der Waals surface area contributed by atoms with Crippen molar-refractivity contribution in [2.24, 2.45) is 0 Å². The fourth-order valence-electron chi connectivity index (χ4n) is 3.03. The topological polar surface area (TPSA) is 54.4 Å². The molecule has 0 aliphatic heterocycles. The van der Waals surface area contributed by atoms with Crippen molar-refractivity contribution < 1.29 is 9.84 Å². The molecule has 26 heavy (non-hydrogen) atoms. The first kappa shape index (κ1) is 20.9. The summed E-state index contributed by atoms with van der Waals surface area (Å²) >= 11 is 1.58. The molecule has 1 heterocycles. The van der Waals surface area contributed by atoms with Crippen LogP contribution in [-0.4, -0.2) is 30.4 Å². The molecule has 1 aromatic heterocycles. The van der Waals surface area contributed by atoms with Crippen molar-refractivity contribution in [3.63, 3.8) is 0 Å². The Hall–Kier alpha value is -1.43. The number of thiazole rings is 1. The van der Waals surface area contributed by atoms with E-state index in [4.69, 9.17) is 9.72 Å². The largest absolute Gasteiger partial charge is 0.496 e. The Morgan fingerprint density at radius 2 is 2.00 bits per heavy atom. The average molecular weight is 377 g/mol. The van der Waals surface area contributed by atoms with Gasteiger partial charge in [-0.15, -0.1) is 11.3 Å². The van der Waals surface area contributed by atoms with Crippen molar-refractivity contribution in [3.05, 3.63) is 45.4 Å². The highest BCUT2D eigenvalue weighted by molar-refractivity contribution is 7.09. The minimum absolute atomic E-state index is 0.00440. The van der Waals surface area contributed by atoms with Crippen molar-refractivity contribution in [2.75, 3.05) is 20.3 Å². The van der Waals surface area contributed by atoms with Gasteiger partial charge in [0, 0.05) is 16.6 Å². The van der Waals surface area contributed by atoms with E-state index < -0.39 is 5.54 Å². The van der Waals surface area contributed by atoms with Gasteiger partial charge in [-0.3, -0.25) is 5.32 Å². The number of aromatic nitrogens is 1. The second-order valence-electron chi connectivity index (χ2n) is 7.80. The molecular formula is C21H32N2O2S. The number of ether oxygens (including phenoxy) is 1. The number of nitrogens with one attached hydrogen (secondary N) is 1. The number of benzene rings is 1. The van der Waals surface area contributed by atoms with Crippen molar-refractivity contribution in [3.8, 4) is 5.75 Å². The number of hydrogen-bond donors (Lipinski definition) is 2. The molecule has 0 amide bonds. The summed E-state index contributed by atoms with van der Waals surface area (Å²) in [6, 6.07) is 6.26. The molecule has 0 saturated carbocycles. The van der Waals surface area contributed by atoms with Gasteiger partial charge >= 0.3 is 0 Å². The van der Waals surface area contributed by atoms with E-state index in [1.165, 1.54) is 5.56 Å². The molecule has 2 N–H and O–H groups in total. The Labute approximate surface area is 161 Å². The smallest absolute Gasteiger partial charge is 0.124 e. The van der Waals surface area contributed by atoms with Crippen LogP contribution in [0.15, 0.2) is 23.6 Å². The lowest BCUT2D eigenvalue weighted by atomic mass is 9.82. The predicted octanol–water partition coefficient (Wildman–Crippen LogP) is 4.38. The van der Waals surface area contributed by atoms with Crippen LogP contribution >= 0.6 is 11.3 Å². The maximum absolute atomic E-state index is 10.6. The molecule has 0 radical (unpaired) electrons. The Morgan fingerprint density at radius 3 is 2.50 bits per heavy atom. The highest BCUT2D eigenvalue weighted by atomic mass is 32.1. The van der Waals surface area contributed by atoms with Gasteiger partial charge in [0.15, 0.2) is 0 Å². The van der Waals surface area contributed by atoms with E-state index >= 15 is 0 Å². The molecule has 2 rings (SSSR count). The summed E-state index contributed by atoms with van der Waals surface area (Å²) in [5, 5.41) is 17.1. The van der Waals surface area contributed by atoms with E-state index in [2.05, 4.69) is 45.1 Å². The summed E-state index contributed by atoms with van der Waals surface area (Å²) in [6.45, 7) is 11.5. The second kappa shape index (κ2) is 8.51. The zero-order valence-corrected chi connectivity index (χ0v) is 17.7. The predicted molar refractivity (Wildman–Crippen MR) is 109 cm³/mol. The van der Waals surface area contributed by atoms with Gasteiger partial charge in [0.05, 0.1) is 13.7 Å². The number of unbranched alkanes of at least 4 members (excludes halogenated alkanes) is 1. The summed E-state index contributed by atoms with van der Waals surface area (Å²) in [7, 11) is 1.68. The highest BCUT2D eigenvalue weighted by Gasteiger charge is 2.39. The van der Waals surface area contributed by atoms with Crippen LogP contribution in [0.1, 0.15) is 62.4 Å². The summed E-state index contributed by atoms with van der Waals surface area (Å²) in [5.41, 5.74) is 2.36. The lowest BCUT2D eigenvalue weighted by Gasteiger charge is -2.34. The van der Waals surface area contributed by atoms with E-state index in [1.807, 2.05) is 18.4 Å². The first-order chi connectivity index (χ1) is 12.3. The van der Waals surface area contributed by atoms with Crippen LogP contribution in [0.25, 0.3) is 0 Å². The number of methoxy groups -OCH3 is 1. The highest BCUT2D eigenvalue weighted by Crippen LogP contribution is 2.39. The summed E-state index contributed by atoms with van der Waals surface area (Å²) in [6.07, 6.45) is 2.12. The molecule has 0 fully saturated rings. The molecule has 0 aliphatic rings. The monoisotopic (exact) mass is 376 g/mol. The zero-order valence-electron chi connectivity index (χ0n) is 16.8. The third-order valence-electron chi connectivity index (χ3n) is 4.70. The quantitative estimate of drug-likeness (QED) is 0.671. The van der Waals surface area contributed by atoms with Gasteiger partial charge in [-0.05, 0) is 43.0 Å². The van der Waals surface area contributed by atoms with Gasteiger partial charge in [0.2, 0.25) is 0 Å². The summed E-state index contributed by atoms with van der Waals surface area (Å²) in [5.74, 6) is 0.768. The van der Waals surface area contributed by atoms with E-state index in [-0.39, 0.29) is 12.0 Å². The fourth-order valence-corrected chi connectivity index (χ4v) is 4.01. The second-order valence-corrected chi connectivity index (χ2v) is 8.66. The molecule has 0 aliphatic carbocycles. The van der Waals surface area contributed by atoms with Crippen LogP contribution in [-0.2, 0) is 11.0 Å². The summed E-state index contributed by atoms with van der Waals surface area (Å²) < 4.78 is 5.68. The Balaban J connectivity index is 2.67. The number of aryl methyl sites for hydroxylation is 1. The molecule has 1 unspecified atom stereocenters. The SMILES string of the molecule is CCCCNC(CO)(c1nc(C)cs1)c1cc(C(C)(C)C)ccc1OC. The van der Waals surface area contributed by atoms with Crippen LogP contribution in [0.3, 0.4) is 0 Å². The molecular weight excluding hydrogens is 344 g/mol. The van der Waals surface area contributed by atoms with Gasteiger partial charge in [-0.25, -0.2) is 4.98 Å². The van der Waals surface area contributed by atoms with Crippen molar-refractivity contribution in [2.45, 2.75) is 58.4 Å². The Kier molecular flexibility index (Phi) is 6.83. The van der Waals surface area contributed by atoms with E-state index in [9.17, 15) is 5.11 Å². The third kappa shape index (κ3) is 4.27. The maximum atomic E-state index is 10.6. The molecule has 0 spiro atoms. The molecule has 1 aromatic carbocycles. The fraction of sp³-hybridized carbons (Fsp3) is 0.571. The van der Waals surface area contributed by atoms with Crippen LogP contribution in [0, 0.1) is 6.92 Å². The molecule has 0 bridgehead atoms. The standard InChI is InChI=1S/C21H32N2O2S/c1-7-8-11-22-21(14-24,19-23-15(2)13-26-19)17-12-16(20(3,4)5)9-10-18(17)25-6/h9-10,12-13,22,24H,7-8,11,14H2,1-6H3. The third-order valence-corrected chi connectivity index (χ3v) is 5.83. The molecule has 2 aromatic rings. The van der Waals surface area contributed by atoms with Crippen LogP contribution in [0.5, 0.6) is 5.75 Å². The Morgan fingerprint density at radius 1 is 1.27 bits per heavy atom. The van der Waals surface area contributed by atoms with Gasteiger partial charge in [0.25, 0.3) is 0 Å². The lowest BCUT2D eigenvalue weighted by molar-refractivity contribution is 0.186. The van der Waals surface area contributed by atoms with E-state index in [0.29, 0.717) is 0 Å². The van der Waals surface area contributed by atoms with Gasteiger partial charge in [0.1, 0.15) is 16.3 Å². The first-order valence-corrected chi connectivity index (χ1v) is 10.1. The van der Waals surface area contributed by atoms with Crippen LogP contribution in [0.4, 0.5) is 0 Å². The zero-order chi connectivity index (χ0) is 19.4.